The van der Waals surface area contributed by atoms with Gasteiger partial charge in [-0.2, -0.15) is 13.2 Å². The normalized spacial score (nSPS) is 13.7. The zero-order chi connectivity index (χ0) is 31.8. The lowest BCUT2D eigenvalue weighted by Gasteiger charge is -2.17. The molecule has 0 radical (unpaired) electrons. The van der Waals surface area contributed by atoms with Gasteiger partial charge in [-0.25, -0.2) is 0 Å². The Labute approximate surface area is 265 Å². The largest absolute Gasteiger partial charge is 0.416 e. The maximum Gasteiger partial charge on any atom is 0.416 e. The van der Waals surface area contributed by atoms with Crippen LogP contribution in [0, 0.1) is 5.92 Å². The van der Waals surface area contributed by atoms with Gasteiger partial charge >= 0.3 is 6.18 Å². The van der Waals surface area contributed by atoms with E-state index in [2.05, 4.69) is 58.9 Å². The van der Waals surface area contributed by atoms with E-state index in [1.807, 2.05) is 26.0 Å². The van der Waals surface area contributed by atoms with E-state index < -0.39 is 11.7 Å². The van der Waals surface area contributed by atoms with Gasteiger partial charge in [-0.1, -0.05) is 104 Å². The molecule has 3 aromatic rings. The molecule has 1 aliphatic rings. The number of fused-ring (bicyclic) bond motifs is 1. The summed E-state index contributed by atoms with van der Waals surface area (Å²) in [5.41, 5.74) is 8.33. The van der Waals surface area contributed by atoms with Crippen LogP contribution in [0.2, 0.25) is 0 Å². The van der Waals surface area contributed by atoms with Gasteiger partial charge in [0.15, 0.2) is 0 Å². The van der Waals surface area contributed by atoms with Gasteiger partial charge in [0.25, 0.3) is 0 Å². The lowest BCUT2D eigenvalue weighted by Crippen LogP contribution is -2.04. The van der Waals surface area contributed by atoms with Crippen LogP contribution in [0.25, 0.3) is 0 Å². The molecule has 0 amide bonds. The molecule has 1 aliphatic carbocycles. The van der Waals surface area contributed by atoms with Crippen molar-refractivity contribution in [2.75, 3.05) is 0 Å². The second-order valence-corrected chi connectivity index (χ2v) is 12.7. The van der Waals surface area contributed by atoms with E-state index in [9.17, 15) is 13.2 Å². The molecule has 0 bridgehead atoms. The Hall–Kier alpha value is -2.20. The monoisotopic (exact) mass is 612 g/mol. The van der Waals surface area contributed by atoms with Crippen molar-refractivity contribution in [3.63, 3.8) is 0 Å². The summed E-state index contributed by atoms with van der Waals surface area (Å²) in [6.07, 6.45) is 8.84. The van der Waals surface area contributed by atoms with Crippen molar-refractivity contribution in [3.8, 4) is 0 Å². The van der Waals surface area contributed by atoms with E-state index in [0.717, 1.165) is 40.8 Å². The number of aryl methyl sites for hydroxylation is 2. The minimum absolute atomic E-state index is 0.598. The van der Waals surface area contributed by atoms with E-state index in [-0.39, 0.29) is 0 Å². The van der Waals surface area contributed by atoms with Crippen LogP contribution in [0.3, 0.4) is 0 Å². The van der Waals surface area contributed by atoms with Crippen LogP contribution in [-0.2, 0) is 37.6 Å². The number of hydrogen-bond donors (Lipinski definition) is 0. The summed E-state index contributed by atoms with van der Waals surface area (Å²) in [5, 5.41) is 0. The number of benzene rings is 3. The molecule has 0 saturated heterocycles. The molecule has 0 aromatic heterocycles. The van der Waals surface area contributed by atoms with Gasteiger partial charge in [0.1, 0.15) is 0 Å². The second kappa shape index (κ2) is 19.2. The Bertz CT molecular complexity index is 1200. The third-order valence-electron chi connectivity index (χ3n) is 8.64. The topological polar surface area (TPSA) is 0 Å². The van der Waals surface area contributed by atoms with Gasteiger partial charge in [-0.15, -0.1) is 11.8 Å². The van der Waals surface area contributed by atoms with E-state index >= 15 is 0 Å². The highest BCUT2D eigenvalue weighted by Gasteiger charge is 2.29. The summed E-state index contributed by atoms with van der Waals surface area (Å²) < 4.78 is 37.3. The Morgan fingerprint density at radius 2 is 1.49 bits per heavy atom. The number of halogens is 3. The quantitative estimate of drug-likeness (QED) is 0.145. The van der Waals surface area contributed by atoms with Crippen LogP contribution < -0.4 is 0 Å². The number of thioether (sulfide) groups is 1. The number of alkyl halides is 3. The van der Waals surface area contributed by atoms with Gasteiger partial charge in [0.2, 0.25) is 0 Å². The standard InChI is InChI=1S/C21H34.C16H15F3S.C2H6/c1-5-16(3)10-7-8-11-18-14-15-19(17(4)6-2)21-13-9-12-20(18)21;1-2-12-4-3-5-15(10-12)20-11-13-6-8-14(9-7-13)16(17,18)19;1-2/h14-17H,5-13H2,1-4H3;3-10H,2,11H2,1H3;1-2H3. The van der Waals surface area contributed by atoms with Crippen LogP contribution in [0.15, 0.2) is 65.6 Å². The maximum atomic E-state index is 12.4. The van der Waals surface area contributed by atoms with Crippen LogP contribution in [0.5, 0.6) is 0 Å². The van der Waals surface area contributed by atoms with Crippen LogP contribution in [0.1, 0.15) is 132 Å². The Balaban J connectivity index is 0.000000284. The highest BCUT2D eigenvalue weighted by molar-refractivity contribution is 7.98. The summed E-state index contributed by atoms with van der Waals surface area (Å²) in [6, 6.07) is 18.5. The fourth-order valence-corrected chi connectivity index (χ4v) is 6.48. The predicted molar refractivity (Wildman–Crippen MR) is 182 cm³/mol. The summed E-state index contributed by atoms with van der Waals surface area (Å²) in [7, 11) is 0. The van der Waals surface area contributed by atoms with Crippen molar-refractivity contribution in [2.45, 2.75) is 135 Å². The number of unbranched alkanes of at least 4 members (excludes halogenated alkanes) is 1. The highest BCUT2D eigenvalue weighted by Crippen LogP contribution is 2.34. The summed E-state index contributed by atoms with van der Waals surface area (Å²) in [4.78, 5) is 1.14. The van der Waals surface area contributed by atoms with Crippen molar-refractivity contribution >= 4 is 11.8 Å². The first-order valence-electron chi connectivity index (χ1n) is 16.7. The van der Waals surface area contributed by atoms with Crippen LogP contribution >= 0.6 is 11.8 Å². The molecule has 4 heteroatoms. The Morgan fingerprint density at radius 1 is 0.791 bits per heavy atom. The molecule has 0 nitrogen and oxygen atoms in total. The van der Waals surface area contributed by atoms with Gasteiger partial charge in [-0.3, -0.25) is 0 Å². The Morgan fingerprint density at radius 3 is 2.12 bits per heavy atom. The van der Waals surface area contributed by atoms with Crippen LogP contribution in [0.4, 0.5) is 13.2 Å². The van der Waals surface area contributed by atoms with Gasteiger partial charge < -0.3 is 0 Å². The smallest absolute Gasteiger partial charge is 0.166 e. The fourth-order valence-electron chi connectivity index (χ4n) is 5.55. The number of rotatable bonds is 12. The van der Waals surface area contributed by atoms with Crippen molar-refractivity contribution in [3.05, 3.63) is 99.6 Å². The van der Waals surface area contributed by atoms with Crippen LogP contribution in [-0.4, -0.2) is 0 Å². The van der Waals surface area contributed by atoms with Gasteiger partial charge in [-0.05, 0) is 114 Å². The molecule has 43 heavy (non-hydrogen) atoms. The van der Waals surface area contributed by atoms with Crippen molar-refractivity contribution in [1.29, 1.82) is 0 Å². The molecule has 3 aromatic carbocycles. The van der Waals surface area contributed by atoms with E-state index in [4.69, 9.17) is 0 Å². The zero-order valence-electron chi connectivity index (χ0n) is 27.7. The molecular weight excluding hydrogens is 557 g/mol. The predicted octanol–water partition coefficient (Wildman–Crippen LogP) is 13.0. The minimum atomic E-state index is -4.26. The van der Waals surface area contributed by atoms with E-state index in [1.165, 1.54) is 63.4 Å². The van der Waals surface area contributed by atoms with Crippen molar-refractivity contribution in [2.24, 2.45) is 5.92 Å². The molecule has 2 atom stereocenters. The fraction of sp³-hybridized carbons (Fsp3) is 0.538. The minimum Gasteiger partial charge on any atom is -0.166 e. The SMILES string of the molecule is CC.CCC(C)CCCCc1ccc(C(C)CC)c2c1CCC2.CCc1cccc(SCc2ccc(C(F)(F)F)cc2)c1. The van der Waals surface area contributed by atoms with Gasteiger partial charge in [0, 0.05) is 10.6 Å². The van der Waals surface area contributed by atoms with Crippen molar-refractivity contribution < 1.29 is 13.2 Å². The average molecular weight is 613 g/mol. The summed E-state index contributed by atoms with van der Waals surface area (Å²) in [6.45, 7) is 15.5. The third kappa shape index (κ3) is 12.0. The van der Waals surface area contributed by atoms with Crippen molar-refractivity contribution in [1.82, 2.24) is 0 Å². The molecule has 2 unspecified atom stereocenters. The second-order valence-electron chi connectivity index (χ2n) is 11.7. The lowest BCUT2D eigenvalue weighted by molar-refractivity contribution is -0.137. The first-order valence-corrected chi connectivity index (χ1v) is 17.7. The highest BCUT2D eigenvalue weighted by atomic mass is 32.2. The molecule has 0 N–H and O–H groups in total. The van der Waals surface area contributed by atoms with E-state index in [1.54, 1.807) is 46.1 Å². The molecule has 0 saturated carbocycles. The van der Waals surface area contributed by atoms with E-state index in [0.29, 0.717) is 5.75 Å². The lowest BCUT2D eigenvalue weighted by atomic mass is 9.88. The maximum absolute atomic E-state index is 12.4. The molecule has 4 rings (SSSR count). The molecular formula is C39H55F3S. The summed E-state index contributed by atoms with van der Waals surface area (Å²) in [5.74, 6) is 2.31. The summed E-state index contributed by atoms with van der Waals surface area (Å²) >= 11 is 1.64. The first-order chi connectivity index (χ1) is 20.7. The van der Waals surface area contributed by atoms with Gasteiger partial charge in [0.05, 0.1) is 5.56 Å². The number of hydrogen-bond acceptors (Lipinski definition) is 1. The molecule has 0 aliphatic heterocycles. The molecule has 0 heterocycles. The average Bonchev–Trinajstić information content (AvgIpc) is 3.53. The first kappa shape index (κ1) is 37.0. The molecule has 0 spiro atoms. The third-order valence-corrected chi connectivity index (χ3v) is 9.71. The molecule has 0 fully saturated rings. The Kier molecular flexibility index (Phi) is 16.6. The zero-order valence-corrected chi connectivity index (χ0v) is 28.6. The molecule has 238 valence electrons.